The number of fused-ring (bicyclic) bond motifs is 9. The van der Waals surface area contributed by atoms with Gasteiger partial charge in [0, 0.05) is 33.3 Å². The van der Waals surface area contributed by atoms with E-state index in [0.717, 1.165) is 83.3 Å². The van der Waals surface area contributed by atoms with Gasteiger partial charge in [-0.2, -0.15) is 0 Å². The molecule has 0 bridgehead atoms. The van der Waals surface area contributed by atoms with Crippen LogP contribution in [-0.4, -0.2) is 21.2 Å². The van der Waals surface area contributed by atoms with Gasteiger partial charge in [0.25, 0.3) is 6.71 Å². The molecule has 0 atom stereocenters. The molecule has 0 fully saturated rings. The molecule has 5 heterocycles. The van der Waals surface area contributed by atoms with Crippen molar-refractivity contribution in [1.29, 1.82) is 0 Å². The molecule has 2 aliphatic heterocycles. The first-order valence-corrected chi connectivity index (χ1v) is 16.6. The Morgan fingerprint density at radius 3 is 1.88 bits per heavy atom. The molecule has 9 aromatic rings. The molecule has 0 N–H and O–H groups in total. The van der Waals surface area contributed by atoms with Crippen molar-refractivity contribution in [2.45, 2.75) is 6.92 Å². The number of aryl methyl sites for hydroxylation is 1. The maximum atomic E-state index is 6.66. The maximum Gasteiger partial charge on any atom is 0.262 e. The highest BCUT2D eigenvalue weighted by molar-refractivity contribution is 6.98. The van der Waals surface area contributed by atoms with E-state index in [2.05, 4.69) is 121 Å². The van der Waals surface area contributed by atoms with Crippen molar-refractivity contribution in [3.8, 4) is 40.1 Å². The lowest BCUT2D eigenvalue weighted by molar-refractivity contribution is 0.451. The fourth-order valence-corrected chi connectivity index (χ4v) is 8.21. The fraction of sp³-hybridized carbons (Fsp3) is 0.0233. The number of aromatic nitrogens is 3. The van der Waals surface area contributed by atoms with Gasteiger partial charge in [-0.05, 0) is 64.5 Å². The lowest BCUT2D eigenvalue weighted by Crippen LogP contribution is -2.57. The Morgan fingerprint density at radius 1 is 0.571 bits per heavy atom. The summed E-state index contributed by atoms with van der Waals surface area (Å²) in [4.78, 5) is 10.5. The van der Waals surface area contributed by atoms with E-state index in [1.807, 2.05) is 30.5 Å². The van der Waals surface area contributed by atoms with Crippen LogP contribution in [0.25, 0.3) is 60.4 Å². The van der Waals surface area contributed by atoms with E-state index < -0.39 is 0 Å². The van der Waals surface area contributed by atoms with Gasteiger partial charge < -0.3 is 14.0 Å². The summed E-state index contributed by atoms with van der Waals surface area (Å²) in [7, 11) is 0. The molecule has 2 aliphatic rings. The molecule has 0 saturated carbocycles. The number of hydrogen-bond donors (Lipinski definition) is 0. The predicted octanol–water partition coefficient (Wildman–Crippen LogP) is 8.58. The molecule has 228 valence electrons. The summed E-state index contributed by atoms with van der Waals surface area (Å²) in [6.07, 6.45) is 2.00. The average Bonchev–Trinajstić information content (AvgIpc) is 3.49. The lowest BCUT2D eigenvalue weighted by atomic mass is 9.35. The number of para-hydroxylation sites is 4. The maximum absolute atomic E-state index is 6.66. The molecular weight excluding hydrogens is 601 g/mol. The number of nitrogens with zero attached hydrogens (tertiary/aromatic N) is 3. The quantitative estimate of drug-likeness (QED) is 0.142. The largest absolute Gasteiger partial charge is 0.458 e. The average molecular weight is 628 g/mol. The Morgan fingerprint density at radius 2 is 1.16 bits per heavy atom. The molecule has 6 aromatic carbocycles. The topological polar surface area (TPSA) is 49.2 Å². The first kappa shape index (κ1) is 26.6. The van der Waals surface area contributed by atoms with E-state index in [1.165, 1.54) is 16.3 Å². The molecule has 6 heteroatoms. The first-order chi connectivity index (χ1) is 24.2. The lowest BCUT2D eigenvalue weighted by Gasteiger charge is -2.32. The molecule has 3 aromatic heterocycles. The first-order valence-electron chi connectivity index (χ1n) is 16.6. The van der Waals surface area contributed by atoms with Crippen LogP contribution in [-0.2, 0) is 0 Å². The third-order valence-electron chi connectivity index (χ3n) is 10.4. The highest BCUT2D eigenvalue weighted by Crippen LogP contribution is 2.42. The van der Waals surface area contributed by atoms with Gasteiger partial charge in [-0.3, -0.25) is 4.98 Å². The van der Waals surface area contributed by atoms with Crippen LogP contribution in [0.2, 0.25) is 0 Å². The van der Waals surface area contributed by atoms with Gasteiger partial charge in [-0.25, -0.2) is 4.98 Å². The van der Waals surface area contributed by atoms with Crippen LogP contribution in [0.3, 0.4) is 0 Å². The molecule has 11 rings (SSSR count). The molecule has 0 spiro atoms. The highest BCUT2D eigenvalue weighted by Gasteiger charge is 2.41. The third kappa shape index (κ3) is 3.66. The summed E-state index contributed by atoms with van der Waals surface area (Å²) in [5.41, 5.74) is 10.3. The molecule has 0 amide bonds. The standard InChI is InChI=1S/C43H26BN3O2/c1-25-27-12-2-3-15-30(27)40(42-31(25)22-26(24-45-42)47-35-18-8-4-13-28(35)29-14-5-9-19-36(29)47)34-23-39-41-43(46-34)49-38-21-11-7-17-33(38)44(41)32-16-6-10-20-37(32)48-39/h2-24H,1H3. The second kappa shape index (κ2) is 9.81. The van der Waals surface area contributed by atoms with Gasteiger partial charge >= 0.3 is 0 Å². The van der Waals surface area contributed by atoms with E-state index in [9.17, 15) is 0 Å². The Kier molecular flexibility index (Phi) is 5.34. The minimum absolute atomic E-state index is 0.0279. The van der Waals surface area contributed by atoms with Crippen molar-refractivity contribution >= 4 is 66.6 Å². The van der Waals surface area contributed by atoms with Crippen molar-refractivity contribution < 1.29 is 9.47 Å². The smallest absolute Gasteiger partial charge is 0.262 e. The minimum atomic E-state index is -0.0279. The second-order valence-corrected chi connectivity index (χ2v) is 12.9. The van der Waals surface area contributed by atoms with Crippen LogP contribution in [0.5, 0.6) is 23.1 Å². The zero-order chi connectivity index (χ0) is 32.2. The van der Waals surface area contributed by atoms with Crippen LogP contribution in [0.4, 0.5) is 0 Å². The fourth-order valence-electron chi connectivity index (χ4n) is 8.21. The van der Waals surface area contributed by atoms with Gasteiger partial charge in [0.15, 0.2) is 0 Å². The summed E-state index contributed by atoms with van der Waals surface area (Å²) in [5, 5.41) is 5.78. The normalized spacial score (nSPS) is 12.9. The Balaban J connectivity index is 1.19. The van der Waals surface area contributed by atoms with Gasteiger partial charge in [0.05, 0.1) is 34.1 Å². The van der Waals surface area contributed by atoms with Crippen LogP contribution < -0.4 is 25.9 Å². The molecule has 0 radical (unpaired) electrons. The van der Waals surface area contributed by atoms with E-state index >= 15 is 0 Å². The monoisotopic (exact) mass is 627 g/mol. The van der Waals surface area contributed by atoms with Crippen molar-refractivity contribution in [2.24, 2.45) is 0 Å². The van der Waals surface area contributed by atoms with Crippen molar-refractivity contribution in [2.75, 3.05) is 0 Å². The molecule has 5 nitrogen and oxygen atoms in total. The summed E-state index contributed by atoms with van der Waals surface area (Å²) >= 11 is 0. The van der Waals surface area contributed by atoms with Crippen LogP contribution in [0.1, 0.15) is 5.56 Å². The zero-order valence-electron chi connectivity index (χ0n) is 26.5. The van der Waals surface area contributed by atoms with Crippen LogP contribution >= 0.6 is 0 Å². The van der Waals surface area contributed by atoms with Gasteiger partial charge in [0.1, 0.15) is 17.2 Å². The van der Waals surface area contributed by atoms with Gasteiger partial charge in [-0.15, -0.1) is 0 Å². The zero-order valence-corrected chi connectivity index (χ0v) is 26.5. The number of hydrogen-bond acceptors (Lipinski definition) is 4. The predicted molar refractivity (Wildman–Crippen MR) is 199 cm³/mol. The highest BCUT2D eigenvalue weighted by atomic mass is 16.5. The van der Waals surface area contributed by atoms with Crippen LogP contribution in [0.15, 0.2) is 140 Å². The van der Waals surface area contributed by atoms with E-state index in [0.29, 0.717) is 5.88 Å². The Bertz CT molecular complexity index is 2750. The van der Waals surface area contributed by atoms with E-state index in [-0.39, 0.29) is 6.71 Å². The van der Waals surface area contributed by atoms with E-state index in [1.54, 1.807) is 0 Å². The number of benzene rings is 6. The van der Waals surface area contributed by atoms with Gasteiger partial charge in [-0.1, -0.05) is 97.1 Å². The van der Waals surface area contributed by atoms with Gasteiger partial charge in [0.2, 0.25) is 5.88 Å². The van der Waals surface area contributed by atoms with Crippen molar-refractivity contribution in [3.63, 3.8) is 0 Å². The summed E-state index contributed by atoms with van der Waals surface area (Å²) < 4.78 is 15.6. The molecule has 0 aliphatic carbocycles. The van der Waals surface area contributed by atoms with Crippen molar-refractivity contribution in [1.82, 2.24) is 14.5 Å². The molecule has 49 heavy (non-hydrogen) atoms. The SMILES string of the molecule is Cc1c2ccccc2c(-c2cc3c4c(n2)Oc2ccccc2B4c2ccccc2O3)c2ncc(-n3c4ccccc4c4ccccc43)cc12. The summed E-state index contributed by atoms with van der Waals surface area (Å²) in [6, 6.07) is 46.6. The van der Waals surface area contributed by atoms with E-state index in [4.69, 9.17) is 19.4 Å². The summed E-state index contributed by atoms with van der Waals surface area (Å²) in [5.74, 6) is 3.01. The number of ether oxygens (including phenoxy) is 2. The molecular formula is C43H26BN3O2. The second-order valence-electron chi connectivity index (χ2n) is 12.9. The third-order valence-corrected chi connectivity index (χ3v) is 10.4. The number of pyridine rings is 2. The molecule has 0 saturated heterocycles. The molecule has 0 unspecified atom stereocenters. The van der Waals surface area contributed by atoms with Crippen LogP contribution in [0, 0.1) is 6.92 Å². The summed E-state index contributed by atoms with van der Waals surface area (Å²) in [6.45, 7) is 2.17. The Hall–Kier alpha value is -6.40. The van der Waals surface area contributed by atoms with Crippen molar-refractivity contribution in [3.05, 3.63) is 145 Å². The minimum Gasteiger partial charge on any atom is -0.458 e. The number of rotatable bonds is 2. The Labute approximate surface area is 282 Å².